The summed E-state index contributed by atoms with van der Waals surface area (Å²) in [6.45, 7) is 4.76. The second kappa shape index (κ2) is 13.3. The fraction of sp³-hybridized carbons (Fsp3) is 0.400. The number of hydrogen-bond acceptors (Lipinski definition) is 10. The molecule has 5 N–H and O–H groups in total. The van der Waals surface area contributed by atoms with Crippen LogP contribution in [0, 0.1) is 11.3 Å². The third kappa shape index (κ3) is 6.94. The largest absolute Gasteiger partial charge is 0.457 e. The first-order valence-electron chi connectivity index (χ1n) is 13.6. The van der Waals surface area contributed by atoms with Crippen LogP contribution in [0.2, 0.25) is 0 Å². The Morgan fingerprint density at radius 2 is 1.85 bits per heavy atom. The molecule has 0 aliphatic carbocycles. The quantitative estimate of drug-likeness (QED) is 0.190. The number of hydrogen-bond donors (Lipinski definition) is 5. The molecule has 5 rings (SSSR count). The molecule has 2 aliphatic heterocycles. The lowest BCUT2D eigenvalue weighted by Crippen LogP contribution is -2.60. The van der Waals surface area contributed by atoms with Crippen LogP contribution in [0.1, 0.15) is 5.76 Å². The molecule has 11 nitrogen and oxygen atoms in total. The number of fused-ring (bicyclic) bond motifs is 1. The fourth-order valence-electron chi connectivity index (χ4n) is 4.98. The number of morpholine rings is 1. The van der Waals surface area contributed by atoms with Gasteiger partial charge in [-0.3, -0.25) is 9.69 Å². The number of aliphatic hydroxyl groups excluding tert-OH is 3. The van der Waals surface area contributed by atoms with Gasteiger partial charge in [-0.2, -0.15) is 5.26 Å². The maximum Gasteiger partial charge on any atom is 0.262 e. The highest BCUT2D eigenvalue weighted by Crippen LogP contribution is 2.28. The second-order valence-corrected chi connectivity index (χ2v) is 10.1. The van der Waals surface area contributed by atoms with Crippen molar-refractivity contribution in [1.82, 2.24) is 10.2 Å². The summed E-state index contributed by atoms with van der Waals surface area (Å²) >= 11 is 0. The number of ether oxygens (including phenoxy) is 2. The SMILES string of the molecule is N#C/C(=C\c1ccc(-c2ccc3cc(NCCN4CCOCC4)ccc3c2)o1)C(=O)N[C@H]1CO[C@H](CO)[C@@H](O)[C@@H]1O. The summed E-state index contributed by atoms with van der Waals surface area (Å²) in [7, 11) is 0. The molecule has 3 aromatic rings. The van der Waals surface area contributed by atoms with Crippen molar-refractivity contribution >= 4 is 28.4 Å². The number of nitrogens with one attached hydrogen (secondary N) is 2. The van der Waals surface area contributed by atoms with Crippen LogP contribution < -0.4 is 10.6 Å². The zero-order valence-corrected chi connectivity index (χ0v) is 22.5. The van der Waals surface area contributed by atoms with Gasteiger partial charge in [0.1, 0.15) is 41.5 Å². The summed E-state index contributed by atoms with van der Waals surface area (Å²) in [6, 6.07) is 16.6. The lowest BCUT2D eigenvalue weighted by Gasteiger charge is -2.37. The van der Waals surface area contributed by atoms with Gasteiger partial charge in [0.25, 0.3) is 5.91 Å². The third-order valence-corrected chi connectivity index (χ3v) is 7.39. The number of amides is 1. The Morgan fingerprint density at radius 3 is 2.63 bits per heavy atom. The Hall–Kier alpha value is -3.76. The Bertz CT molecular complexity index is 1430. The van der Waals surface area contributed by atoms with Crippen LogP contribution >= 0.6 is 0 Å². The summed E-state index contributed by atoms with van der Waals surface area (Å²) in [5.41, 5.74) is 1.67. The van der Waals surface area contributed by atoms with E-state index in [2.05, 4.69) is 33.7 Å². The molecule has 2 saturated heterocycles. The number of aliphatic hydroxyl groups is 3. The maximum absolute atomic E-state index is 12.7. The Kier molecular flexibility index (Phi) is 9.31. The Balaban J connectivity index is 1.22. The first kappa shape index (κ1) is 28.8. The van der Waals surface area contributed by atoms with Crippen molar-refractivity contribution in [2.75, 3.05) is 57.9 Å². The highest BCUT2D eigenvalue weighted by atomic mass is 16.5. The predicted molar refractivity (Wildman–Crippen MR) is 152 cm³/mol. The van der Waals surface area contributed by atoms with Crippen molar-refractivity contribution < 1.29 is 34.0 Å². The molecule has 0 radical (unpaired) electrons. The molecule has 216 valence electrons. The molecule has 2 aromatic carbocycles. The van der Waals surface area contributed by atoms with Crippen molar-refractivity contribution in [2.45, 2.75) is 24.4 Å². The highest BCUT2D eigenvalue weighted by molar-refractivity contribution is 6.01. The van der Waals surface area contributed by atoms with Gasteiger partial charge in [0, 0.05) is 43.5 Å². The molecule has 3 heterocycles. The number of nitriles is 1. The summed E-state index contributed by atoms with van der Waals surface area (Å²) in [5.74, 6) is 0.151. The second-order valence-electron chi connectivity index (χ2n) is 10.1. The molecule has 11 heteroatoms. The number of benzene rings is 2. The molecule has 1 amide bonds. The van der Waals surface area contributed by atoms with Crippen LogP contribution in [0.3, 0.4) is 0 Å². The molecular formula is C30H34N4O7. The minimum Gasteiger partial charge on any atom is -0.457 e. The molecule has 41 heavy (non-hydrogen) atoms. The maximum atomic E-state index is 12.7. The lowest BCUT2D eigenvalue weighted by molar-refractivity contribution is -0.163. The van der Waals surface area contributed by atoms with E-state index in [4.69, 9.17) is 13.9 Å². The van der Waals surface area contributed by atoms with Gasteiger partial charge in [0.05, 0.1) is 32.5 Å². The zero-order valence-electron chi connectivity index (χ0n) is 22.5. The van der Waals surface area contributed by atoms with Gasteiger partial charge in [-0.1, -0.05) is 18.2 Å². The van der Waals surface area contributed by atoms with E-state index in [1.807, 2.05) is 24.3 Å². The summed E-state index contributed by atoms with van der Waals surface area (Å²) < 4.78 is 16.6. The summed E-state index contributed by atoms with van der Waals surface area (Å²) in [5, 5.41) is 47.2. The molecule has 2 aliphatic rings. The van der Waals surface area contributed by atoms with Gasteiger partial charge in [-0.15, -0.1) is 0 Å². The van der Waals surface area contributed by atoms with Crippen LogP contribution in [-0.4, -0.2) is 103 Å². The minimum atomic E-state index is -1.37. The van der Waals surface area contributed by atoms with Gasteiger partial charge >= 0.3 is 0 Å². The number of furan rings is 1. The number of rotatable bonds is 9. The molecule has 1 aromatic heterocycles. The van der Waals surface area contributed by atoms with E-state index < -0.39 is 36.9 Å². The monoisotopic (exact) mass is 562 g/mol. The van der Waals surface area contributed by atoms with Crippen LogP contribution in [0.15, 0.2) is 58.5 Å². The summed E-state index contributed by atoms with van der Waals surface area (Å²) in [4.78, 5) is 15.1. The van der Waals surface area contributed by atoms with Gasteiger partial charge in [-0.05, 0) is 41.1 Å². The van der Waals surface area contributed by atoms with Crippen molar-refractivity contribution in [3.05, 3.63) is 59.9 Å². The van der Waals surface area contributed by atoms with Gasteiger partial charge < -0.3 is 39.8 Å². The van der Waals surface area contributed by atoms with Gasteiger partial charge in [-0.25, -0.2) is 0 Å². The Labute approximate surface area is 237 Å². The van der Waals surface area contributed by atoms with E-state index in [1.165, 1.54) is 6.08 Å². The number of anilines is 1. The van der Waals surface area contributed by atoms with Crippen LogP contribution in [0.25, 0.3) is 28.2 Å². The van der Waals surface area contributed by atoms with Crippen LogP contribution in [-0.2, 0) is 14.3 Å². The van der Waals surface area contributed by atoms with E-state index in [-0.39, 0.29) is 12.2 Å². The normalized spacial score (nSPS) is 23.7. The van der Waals surface area contributed by atoms with E-state index in [1.54, 1.807) is 12.1 Å². The highest BCUT2D eigenvalue weighted by Gasteiger charge is 2.39. The lowest BCUT2D eigenvalue weighted by atomic mass is 9.98. The summed E-state index contributed by atoms with van der Waals surface area (Å²) in [6.07, 6.45) is -2.34. The van der Waals surface area contributed by atoms with Crippen LogP contribution in [0.5, 0.6) is 0 Å². The van der Waals surface area contributed by atoms with Crippen molar-refractivity contribution in [2.24, 2.45) is 0 Å². The first-order chi connectivity index (χ1) is 19.9. The van der Waals surface area contributed by atoms with E-state index in [9.17, 15) is 25.4 Å². The van der Waals surface area contributed by atoms with E-state index >= 15 is 0 Å². The third-order valence-electron chi connectivity index (χ3n) is 7.39. The smallest absolute Gasteiger partial charge is 0.262 e. The molecule has 0 spiro atoms. The fourth-order valence-corrected chi connectivity index (χ4v) is 4.98. The van der Waals surface area contributed by atoms with Gasteiger partial charge in [0.15, 0.2) is 0 Å². The zero-order chi connectivity index (χ0) is 28.8. The van der Waals surface area contributed by atoms with Crippen molar-refractivity contribution in [1.29, 1.82) is 5.26 Å². The average Bonchev–Trinajstić information content (AvgIpc) is 3.47. The minimum absolute atomic E-state index is 0.118. The molecule has 0 bridgehead atoms. The standard InChI is InChI=1S/C30H34N4O7/c31-16-22(30(38)33-25-18-40-27(17-35)29(37)28(25)36)15-24-5-6-26(41-24)21-2-1-20-14-23(4-3-19(20)13-21)32-7-8-34-9-11-39-12-10-34/h1-6,13-15,25,27-29,32,35-37H,7-12,17-18H2,(H,33,38)/b22-15+/t25-,27+,28+,29+/m0/s1. The van der Waals surface area contributed by atoms with Crippen LogP contribution in [0.4, 0.5) is 5.69 Å². The first-order valence-corrected chi connectivity index (χ1v) is 13.6. The van der Waals surface area contributed by atoms with E-state index in [0.29, 0.717) is 11.5 Å². The molecule has 0 saturated carbocycles. The van der Waals surface area contributed by atoms with E-state index in [0.717, 1.165) is 61.4 Å². The topological polar surface area (TPSA) is 160 Å². The predicted octanol–water partition coefficient (Wildman–Crippen LogP) is 1.35. The molecule has 2 fully saturated rings. The molecule has 4 atom stereocenters. The average molecular weight is 563 g/mol. The van der Waals surface area contributed by atoms with Crippen molar-refractivity contribution in [3.8, 4) is 17.4 Å². The molecular weight excluding hydrogens is 528 g/mol. The van der Waals surface area contributed by atoms with Gasteiger partial charge in [0.2, 0.25) is 0 Å². The number of carbonyl (C=O) groups is 1. The molecule has 0 unspecified atom stereocenters. The number of carbonyl (C=O) groups excluding carboxylic acids is 1. The number of nitrogens with zero attached hydrogens (tertiary/aromatic N) is 2. The Morgan fingerprint density at radius 1 is 1.07 bits per heavy atom. The van der Waals surface area contributed by atoms with Crippen molar-refractivity contribution in [3.63, 3.8) is 0 Å².